The summed E-state index contributed by atoms with van der Waals surface area (Å²) in [5.41, 5.74) is 0.927. The second kappa shape index (κ2) is 3.40. The van der Waals surface area contributed by atoms with Gasteiger partial charge < -0.3 is 0 Å². The van der Waals surface area contributed by atoms with E-state index in [0.29, 0.717) is 5.15 Å². The summed E-state index contributed by atoms with van der Waals surface area (Å²) < 4.78 is 3.17. The van der Waals surface area contributed by atoms with Crippen LogP contribution in [0.25, 0.3) is 20.3 Å². The molecule has 0 radical (unpaired) electrons. The van der Waals surface area contributed by atoms with Crippen molar-refractivity contribution in [2.75, 3.05) is 0 Å². The maximum Gasteiger partial charge on any atom is 0.150 e. The van der Waals surface area contributed by atoms with E-state index in [1.807, 2.05) is 6.07 Å². The first-order valence-electron chi connectivity index (χ1n) is 4.24. The van der Waals surface area contributed by atoms with Crippen molar-refractivity contribution in [3.05, 3.63) is 34.2 Å². The molecule has 74 valence electrons. The molecule has 0 aliphatic carbocycles. The molecule has 0 saturated carbocycles. The zero-order valence-electron chi connectivity index (χ0n) is 7.37. The van der Waals surface area contributed by atoms with Crippen LogP contribution in [0.4, 0.5) is 0 Å². The lowest BCUT2D eigenvalue weighted by Crippen LogP contribution is -1.78. The average molecular weight is 300 g/mol. The standard InChI is InChI=1S/C10H4BrClN2S/c11-5-1-2-7-6(3-5)8-9(15-7)10(12)14-4-13-8/h1-4H. The number of rotatable bonds is 0. The summed E-state index contributed by atoms with van der Waals surface area (Å²) in [6, 6.07) is 6.12. The molecule has 0 aliphatic rings. The molecule has 3 aromatic rings. The first kappa shape index (κ1) is 9.51. The van der Waals surface area contributed by atoms with Crippen LogP contribution in [0.3, 0.4) is 0 Å². The van der Waals surface area contributed by atoms with Crippen LogP contribution in [0.2, 0.25) is 5.15 Å². The molecule has 5 heteroatoms. The van der Waals surface area contributed by atoms with Crippen LogP contribution in [0.5, 0.6) is 0 Å². The Morgan fingerprint density at radius 2 is 2.13 bits per heavy atom. The largest absolute Gasteiger partial charge is 0.235 e. The van der Waals surface area contributed by atoms with E-state index in [9.17, 15) is 0 Å². The van der Waals surface area contributed by atoms with Crippen LogP contribution in [-0.4, -0.2) is 9.97 Å². The number of aromatic nitrogens is 2. The molecule has 0 atom stereocenters. The molecule has 0 unspecified atom stereocenters. The second-order valence-electron chi connectivity index (χ2n) is 3.08. The van der Waals surface area contributed by atoms with Crippen molar-refractivity contribution in [2.45, 2.75) is 0 Å². The van der Waals surface area contributed by atoms with Gasteiger partial charge in [-0.3, -0.25) is 0 Å². The summed E-state index contributed by atoms with van der Waals surface area (Å²) in [6.07, 6.45) is 1.50. The summed E-state index contributed by atoms with van der Waals surface area (Å²) in [5, 5.41) is 1.64. The van der Waals surface area contributed by atoms with Crippen molar-refractivity contribution in [2.24, 2.45) is 0 Å². The van der Waals surface area contributed by atoms with Gasteiger partial charge >= 0.3 is 0 Å². The van der Waals surface area contributed by atoms with Gasteiger partial charge in [0.2, 0.25) is 0 Å². The van der Waals surface area contributed by atoms with Gasteiger partial charge in [0.1, 0.15) is 11.5 Å². The van der Waals surface area contributed by atoms with Crippen molar-refractivity contribution < 1.29 is 0 Å². The Labute approximate surface area is 103 Å². The molecule has 0 amide bonds. The highest BCUT2D eigenvalue weighted by Crippen LogP contribution is 2.36. The summed E-state index contributed by atoms with van der Waals surface area (Å²) >= 11 is 11.1. The predicted molar refractivity (Wildman–Crippen MR) is 67.6 cm³/mol. The number of nitrogens with zero attached hydrogens (tertiary/aromatic N) is 2. The third-order valence-electron chi connectivity index (χ3n) is 2.17. The quantitative estimate of drug-likeness (QED) is 0.580. The third kappa shape index (κ3) is 1.44. The minimum Gasteiger partial charge on any atom is -0.235 e. The number of halogens is 2. The Balaban J connectivity index is 2.58. The van der Waals surface area contributed by atoms with Gasteiger partial charge in [-0.2, -0.15) is 0 Å². The van der Waals surface area contributed by atoms with E-state index in [0.717, 1.165) is 20.1 Å². The molecule has 0 fully saturated rings. The lowest BCUT2D eigenvalue weighted by atomic mass is 10.2. The highest BCUT2D eigenvalue weighted by molar-refractivity contribution is 9.10. The Kier molecular flexibility index (Phi) is 2.16. The fourth-order valence-corrected chi connectivity index (χ4v) is 3.15. The molecular formula is C10H4BrClN2S. The Bertz CT molecular complexity index is 665. The van der Waals surface area contributed by atoms with Gasteiger partial charge in [-0.25, -0.2) is 9.97 Å². The number of fused-ring (bicyclic) bond motifs is 3. The van der Waals surface area contributed by atoms with Crippen LogP contribution in [0.1, 0.15) is 0 Å². The van der Waals surface area contributed by atoms with E-state index in [1.54, 1.807) is 11.3 Å². The van der Waals surface area contributed by atoms with E-state index >= 15 is 0 Å². The molecule has 0 bridgehead atoms. The lowest BCUT2D eigenvalue weighted by molar-refractivity contribution is 1.23. The van der Waals surface area contributed by atoms with Crippen LogP contribution < -0.4 is 0 Å². The Hall–Kier alpha value is -0.710. The maximum absolute atomic E-state index is 6.02. The Morgan fingerprint density at radius 3 is 3.00 bits per heavy atom. The molecule has 3 rings (SSSR count). The molecule has 0 saturated heterocycles. The lowest BCUT2D eigenvalue weighted by Gasteiger charge is -1.92. The van der Waals surface area contributed by atoms with Crippen LogP contribution >= 0.6 is 38.9 Å². The van der Waals surface area contributed by atoms with Crippen molar-refractivity contribution in [3.8, 4) is 0 Å². The van der Waals surface area contributed by atoms with E-state index in [4.69, 9.17) is 11.6 Å². The van der Waals surface area contributed by atoms with Gasteiger partial charge in [-0.05, 0) is 18.2 Å². The first-order chi connectivity index (χ1) is 7.25. The summed E-state index contributed by atoms with van der Waals surface area (Å²) in [6.45, 7) is 0. The highest BCUT2D eigenvalue weighted by Gasteiger charge is 2.09. The van der Waals surface area contributed by atoms with Gasteiger partial charge in [-0.1, -0.05) is 27.5 Å². The van der Waals surface area contributed by atoms with Gasteiger partial charge in [0.15, 0.2) is 0 Å². The zero-order valence-corrected chi connectivity index (χ0v) is 10.5. The molecular weight excluding hydrogens is 296 g/mol. The maximum atomic E-state index is 6.02. The monoisotopic (exact) mass is 298 g/mol. The van der Waals surface area contributed by atoms with E-state index in [1.165, 1.54) is 11.0 Å². The molecule has 0 spiro atoms. The molecule has 15 heavy (non-hydrogen) atoms. The van der Waals surface area contributed by atoms with Crippen LogP contribution in [-0.2, 0) is 0 Å². The summed E-state index contributed by atoms with van der Waals surface area (Å²) in [7, 11) is 0. The number of benzene rings is 1. The van der Waals surface area contributed by atoms with Crippen LogP contribution in [0.15, 0.2) is 29.0 Å². The molecule has 0 aliphatic heterocycles. The summed E-state index contributed by atoms with van der Waals surface area (Å²) in [4.78, 5) is 8.24. The number of thiophene rings is 1. The fraction of sp³-hybridized carbons (Fsp3) is 0. The topological polar surface area (TPSA) is 25.8 Å². The van der Waals surface area contributed by atoms with E-state index in [-0.39, 0.29) is 0 Å². The van der Waals surface area contributed by atoms with Crippen molar-refractivity contribution in [1.82, 2.24) is 9.97 Å². The van der Waals surface area contributed by atoms with Crippen molar-refractivity contribution in [3.63, 3.8) is 0 Å². The SMILES string of the molecule is Clc1ncnc2c1sc1ccc(Br)cc12. The first-order valence-corrected chi connectivity index (χ1v) is 6.23. The van der Waals surface area contributed by atoms with Gasteiger partial charge in [0.25, 0.3) is 0 Å². The minimum atomic E-state index is 0.525. The number of hydrogen-bond donors (Lipinski definition) is 0. The normalized spacial score (nSPS) is 11.3. The minimum absolute atomic E-state index is 0.525. The van der Waals surface area contributed by atoms with Gasteiger partial charge in [-0.15, -0.1) is 11.3 Å². The smallest absolute Gasteiger partial charge is 0.150 e. The van der Waals surface area contributed by atoms with E-state index in [2.05, 4.69) is 38.0 Å². The highest BCUT2D eigenvalue weighted by atomic mass is 79.9. The molecule has 2 heterocycles. The Morgan fingerprint density at radius 1 is 1.27 bits per heavy atom. The predicted octanol–water partition coefficient (Wildman–Crippen LogP) is 4.26. The van der Waals surface area contributed by atoms with Crippen molar-refractivity contribution >= 4 is 59.2 Å². The van der Waals surface area contributed by atoms with Gasteiger partial charge in [0.05, 0.1) is 10.2 Å². The average Bonchev–Trinajstić information content (AvgIpc) is 2.58. The summed E-state index contributed by atoms with van der Waals surface area (Å²) in [5.74, 6) is 0. The third-order valence-corrected chi connectivity index (χ3v) is 4.23. The molecule has 2 nitrogen and oxygen atoms in total. The molecule has 0 N–H and O–H groups in total. The van der Waals surface area contributed by atoms with E-state index < -0.39 is 0 Å². The molecule has 2 aromatic heterocycles. The van der Waals surface area contributed by atoms with Gasteiger partial charge in [0, 0.05) is 14.6 Å². The zero-order chi connectivity index (χ0) is 10.4. The number of hydrogen-bond acceptors (Lipinski definition) is 3. The van der Waals surface area contributed by atoms with Crippen LogP contribution in [0, 0.1) is 0 Å². The molecule has 1 aromatic carbocycles. The second-order valence-corrected chi connectivity index (χ2v) is 5.41. The fourth-order valence-electron chi connectivity index (χ4n) is 1.52. The van der Waals surface area contributed by atoms with Crippen molar-refractivity contribution in [1.29, 1.82) is 0 Å².